The summed E-state index contributed by atoms with van der Waals surface area (Å²) in [6, 6.07) is 8.35. The van der Waals surface area contributed by atoms with Gasteiger partial charge in [-0.15, -0.1) is 0 Å². The van der Waals surface area contributed by atoms with Crippen LogP contribution in [0.15, 0.2) is 28.7 Å². The van der Waals surface area contributed by atoms with Crippen molar-refractivity contribution in [3.05, 3.63) is 35.6 Å². The molecule has 1 atom stereocenters. The van der Waals surface area contributed by atoms with Crippen molar-refractivity contribution in [3.8, 4) is 0 Å². The van der Waals surface area contributed by atoms with Crippen molar-refractivity contribution in [1.29, 1.82) is 0 Å². The molecule has 112 valence electrons. The Morgan fingerprint density at radius 2 is 2.14 bits per heavy atom. The van der Waals surface area contributed by atoms with Gasteiger partial charge in [-0.05, 0) is 25.3 Å². The highest BCUT2D eigenvalue weighted by Gasteiger charge is 2.34. The number of aryl methyl sites for hydroxylation is 1. The number of rotatable bonds is 5. The van der Waals surface area contributed by atoms with E-state index in [4.69, 9.17) is 9.52 Å². The fourth-order valence-corrected chi connectivity index (χ4v) is 3.29. The molecule has 4 heteroatoms. The molecule has 1 aliphatic heterocycles. The minimum absolute atomic E-state index is 0.206. The number of furan rings is 1. The van der Waals surface area contributed by atoms with Gasteiger partial charge >= 0.3 is 5.97 Å². The Hall–Kier alpha value is -1.81. The lowest BCUT2D eigenvalue weighted by molar-refractivity contribution is -0.139. The van der Waals surface area contributed by atoms with Crippen LogP contribution in [-0.2, 0) is 11.2 Å². The van der Waals surface area contributed by atoms with Crippen LogP contribution in [0.1, 0.15) is 37.6 Å². The third kappa shape index (κ3) is 2.56. The average molecular weight is 287 g/mol. The van der Waals surface area contributed by atoms with Crippen molar-refractivity contribution in [2.24, 2.45) is 5.92 Å². The molecule has 0 aliphatic carbocycles. The summed E-state index contributed by atoms with van der Waals surface area (Å²) in [5.74, 6) is 0.608. The van der Waals surface area contributed by atoms with Crippen LogP contribution in [-0.4, -0.2) is 29.1 Å². The van der Waals surface area contributed by atoms with Crippen LogP contribution >= 0.6 is 0 Å². The van der Waals surface area contributed by atoms with Crippen molar-refractivity contribution in [3.63, 3.8) is 0 Å². The van der Waals surface area contributed by atoms with Gasteiger partial charge in [0, 0.05) is 24.0 Å². The zero-order valence-corrected chi connectivity index (χ0v) is 12.5. The topological polar surface area (TPSA) is 53.7 Å². The number of nitrogens with zero attached hydrogens (tertiary/aromatic N) is 1. The van der Waals surface area contributed by atoms with Crippen LogP contribution < -0.4 is 0 Å². The first-order valence-corrected chi connectivity index (χ1v) is 7.56. The van der Waals surface area contributed by atoms with Gasteiger partial charge in [0.1, 0.15) is 11.3 Å². The smallest absolute Gasteiger partial charge is 0.303 e. The van der Waals surface area contributed by atoms with Crippen LogP contribution in [0.3, 0.4) is 0 Å². The molecule has 0 amide bonds. The Kier molecular flexibility index (Phi) is 3.72. The van der Waals surface area contributed by atoms with E-state index in [1.165, 1.54) is 10.9 Å². The molecule has 1 fully saturated rings. The molecule has 0 saturated carbocycles. The molecule has 1 aliphatic rings. The quantitative estimate of drug-likeness (QED) is 0.915. The van der Waals surface area contributed by atoms with Gasteiger partial charge in [0.2, 0.25) is 0 Å². The van der Waals surface area contributed by atoms with Gasteiger partial charge in [-0.2, -0.15) is 0 Å². The van der Waals surface area contributed by atoms with Gasteiger partial charge in [0.15, 0.2) is 0 Å². The van der Waals surface area contributed by atoms with E-state index in [2.05, 4.69) is 24.8 Å². The maximum absolute atomic E-state index is 10.7. The van der Waals surface area contributed by atoms with Gasteiger partial charge in [-0.25, -0.2) is 0 Å². The van der Waals surface area contributed by atoms with Crippen LogP contribution in [0.2, 0.25) is 0 Å². The maximum Gasteiger partial charge on any atom is 0.303 e. The number of carbonyl (C=O) groups is 1. The summed E-state index contributed by atoms with van der Waals surface area (Å²) in [7, 11) is 0. The molecule has 4 nitrogen and oxygen atoms in total. The molecule has 3 rings (SSSR count). The lowest BCUT2D eigenvalue weighted by atomic mass is 9.93. The Morgan fingerprint density at radius 3 is 2.81 bits per heavy atom. The maximum atomic E-state index is 10.7. The molecule has 2 aromatic rings. The van der Waals surface area contributed by atoms with Crippen molar-refractivity contribution >= 4 is 16.9 Å². The molecule has 1 saturated heterocycles. The zero-order chi connectivity index (χ0) is 15.0. The Labute approximate surface area is 124 Å². The van der Waals surface area contributed by atoms with Gasteiger partial charge in [0.25, 0.3) is 0 Å². The summed E-state index contributed by atoms with van der Waals surface area (Å²) < 4.78 is 6.07. The molecule has 1 aromatic carbocycles. The highest BCUT2D eigenvalue weighted by molar-refractivity contribution is 5.82. The summed E-state index contributed by atoms with van der Waals surface area (Å²) in [6.45, 7) is 5.98. The van der Waals surface area contributed by atoms with Crippen LogP contribution in [0.4, 0.5) is 0 Å². The fourth-order valence-electron chi connectivity index (χ4n) is 3.29. The number of hydrogen-bond acceptors (Lipinski definition) is 3. The molecule has 0 radical (unpaired) electrons. The lowest BCUT2D eigenvalue weighted by Gasteiger charge is -2.42. The third-order valence-electron chi connectivity index (χ3n) is 4.46. The number of carboxylic acids is 1. The molecule has 2 heterocycles. The first kappa shape index (κ1) is 14.1. The lowest BCUT2D eigenvalue weighted by Crippen LogP contribution is -2.48. The molecular weight excluding hydrogens is 266 g/mol. The van der Waals surface area contributed by atoms with Crippen molar-refractivity contribution < 1.29 is 14.3 Å². The van der Waals surface area contributed by atoms with Crippen LogP contribution in [0, 0.1) is 5.92 Å². The number of hydrogen-bond donors (Lipinski definition) is 1. The number of benzene rings is 1. The van der Waals surface area contributed by atoms with Gasteiger partial charge < -0.3 is 9.52 Å². The molecule has 1 unspecified atom stereocenters. The van der Waals surface area contributed by atoms with E-state index in [1.54, 1.807) is 0 Å². The van der Waals surface area contributed by atoms with Crippen LogP contribution in [0.5, 0.6) is 0 Å². The molecule has 0 spiro atoms. The van der Waals surface area contributed by atoms with Gasteiger partial charge in [-0.3, -0.25) is 9.69 Å². The van der Waals surface area contributed by atoms with Gasteiger partial charge in [-0.1, -0.05) is 25.1 Å². The zero-order valence-electron chi connectivity index (χ0n) is 12.5. The minimum Gasteiger partial charge on any atom is -0.481 e. The van der Waals surface area contributed by atoms with E-state index in [0.717, 1.165) is 30.9 Å². The molecule has 21 heavy (non-hydrogen) atoms. The summed E-state index contributed by atoms with van der Waals surface area (Å²) in [6.07, 6.45) is 1.22. The van der Waals surface area contributed by atoms with E-state index in [1.807, 2.05) is 18.2 Å². The first-order chi connectivity index (χ1) is 10.1. The van der Waals surface area contributed by atoms with E-state index in [-0.39, 0.29) is 18.4 Å². The fraction of sp³-hybridized carbons (Fsp3) is 0.471. The normalized spacial score (nSPS) is 17.8. The minimum atomic E-state index is -0.703. The summed E-state index contributed by atoms with van der Waals surface area (Å²) >= 11 is 0. The van der Waals surface area contributed by atoms with Gasteiger partial charge in [0.05, 0.1) is 12.5 Å². The number of carboxylic acid groups (broad SMARTS) is 1. The Bertz CT molecular complexity index is 655. The Morgan fingerprint density at radius 1 is 1.43 bits per heavy atom. The predicted octanol–water partition coefficient (Wildman–Crippen LogP) is 3.46. The predicted molar refractivity (Wildman–Crippen MR) is 81.3 cm³/mol. The molecule has 0 bridgehead atoms. The second kappa shape index (κ2) is 5.53. The molecular formula is C17H21NO3. The van der Waals surface area contributed by atoms with E-state index in [9.17, 15) is 4.79 Å². The monoisotopic (exact) mass is 287 g/mol. The standard InChI is InChI=1S/C17H21NO3/c1-3-13-14-6-4-5-7-15(14)21-17(13)11(2)18-9-12(10-18)8-16(19)20/h4-7,11-12H,3,8-10H2,1-2H3,(H,19,20). The third-order valence-corrected chi connectivity index (χ3v) is 4.46. The summed E-state index contributed by atoms with van der Waals surface area (Å²) in [4.78, 5) is 13.0. The van der Waals surface area contributed by atoms with E-state index < -0.39 is 5.97 Å². The summed E-state index contributed by atoms with van der Waals surface area (Å²) in [5, 5.41) is 10.0. The van der Waals surface area contributed by atoms with E-state index in [0.29, 0.717) is 0 Å². The van der Waals surface area contributed by atoms with Crippen molar-refractivity contribution in [1.82, 2.24) is 4.90 Å². The molecule has 1 N–H and O–H groups in total. The number of para-hydroxylation sites is 1. The largest absolute Gasteiger partial charge is 0.481 e. The second-order valence-corrected chi connectivity index (χ2v) is 5.89. The molecule has 1 aromatic heterocycles. The number of likely N-dealkylation sites (tertiary alicyclic amines) is 1. The highest BCUT2D eigenvalue weighted by Crippen LogP contribution is 2.36. The Balaban J connectivity index is 1.79. The number of aliphatic carboxylic acids is 1. The first-order valence-electron chi connectivity index (χ1n) is 7.56. The SMILES string of the molecule is CCc1c(C(C)N2CC(CC(=O)O)C2)oc2ccccc12. The average Bonchev–Trinajstić information content (AvgIpc) is 2.80. The van der Waals surface area contributed by atoms with Crippen LogP contribution in [0.25, 0.3) is 11.0 Å². The summed E-state index contributed by atoms with van der Waals surface area (Å²) in [5.41, 5.74) is 2.22. The highest BCUT2D eigenvalue weighted by atomic mass is 16.4. The van der Waals surface area contributed by atoms with Crippen molar-refractivity contribution in [2.45, 2.75) is 32.7 Å². The second-order valence-electron chi connectivity index (χ2n) is 5.89. The van der Waals surface area contributed by atoms with E-state index >= 15 is 0 Å². The number of fused-ring (bicyclic) bond motifs is 1. The van der Waals surface area contributed by atoms with Crippen molar-refractivity contribution in [2.75, 3.05) is 13.1 Å².